The van der Waals surface area contributed by atoms with Crippen LogP contribution in [0.5, 0.6) is 0 Å². The van der Waals surface area contributed by atoms with Gasteiger partial charge in [-0.25, -0.2) is 4.98 Å². The number of aromatic nitrogens is 1. The molecule has 1 aliphatic heterocycles. The predicted octanol–water partition coefficient (Wildman–Crippen LogP) is 0.849. The van der Waals surface area contributed by atoms with Gasteiger partial charge in [-0.1, -0.05) is 0 Å². The van der Waals surface area contributed by atoms with Crippen LogP contribution in [0.15, 0.2) is 23.4 Å². The molecule has 1 saturated heterocycles. The van der Waals surface area contributed by atoms with Gasteiger partial charge in [-0.15, -0.1) is 0 Å². The van der Waals surface area contributed by atoms with E-state index in [1.165, 1.54) is 12.1 Å². The zero-order valence-electron chi connectivity index (χ0n) is 9.17. The van der Waals surface area contributed by atoms with Crippen molar-refractivity contribution in [3.63, 3.8) is 0 Å². The first kappa shape index (κ1) is 12.1. The van der Waals surface area contributed by atoms with Crippen molar-refractivity contribution >= 4 is 16.5 Å². The second-order valence-electron chi connectivity index (χ2n) is 3.92. The van der Waals surface area contributed by atoms with Crippen LogP contribution in [0.3, 0.4) is 0 Å². The number of nitro groups is 1. The third-order valence-corrected chi connectivity index (χ3v) is 4.09. The van der Waals surface area contributed by atoms with Gasteiger partial charge in [-0.05, 0) is 25.5 Å². The molecule has 2 rings (SSSR count). The standard InChI is InChI=1S/C10H13N3O3S/c14-13(15)9-3-4-10(12-6-9)17(16)7-8-2-1-5-11-8/h3-4,6,8,11H,1-2,5,7H2. The fraction of sp³-hybridized carbons (Fsp3) is 0.500. The molecule has 2 atom stereocenters. The number of pyridine rings is 1. The summed E-state index contributed by atoms with van der Waals surface area (Å²) in [6.07, 6.45) is 3.28. The van der Waals surface area contributed by atoms with Crippen LogP contribution in [0.1, 0.15) is 12.8 Å². The highest BCUT2D eigenvalue weighted by atomic mass is 32.2. The molecule has 0 aromatic carbocycles. The van der Waals surface area contributed by atoms with Crippen molar-refractivity contribution in [2.75, 3.05) is 12.3 Å². The van der Waals surface area contributed by atoms with Crippen LogP contribution < -0.4 is 5.32 Å². The van der Waals surface area contributed by atoms with Crippen LogP contribution in [0.25, 0.3) is 0 Å². The maximum atomic E-state index is 11.9. The van der Waals surface area contributed by atoms with Crippen molar-refractivity contribution in [3.8, 4) is 0 Å². The van der Waals surface area contributed by atoms with Crippen LogP contribution in [-0.4, -0.2) is 32.5 Å². The average molecular weight is 255 g/mol. The van der Waals surface area contributed by atoms with Crippen LogP contribution in [0.4, 0.5) is 5.69 Å². The molecule has 0 aliphatic carbocycles. The third kappa shape index (κ3) is 3.07. The van der Waals surface area contributed by atoms with E-state index in [1.54, 1.807) is 0 Å². The molecule has 0 amide bonds. The predicted molar refractivity (Wildman–Crippen MR) is 63.2 cm³/mol. The monoisotopic (exact) mass is 255 g/mol. The lowest BCUT2D eigenvalue weighted by atomic mass is 10.3. The highest BCUT2D eigenvalue weighted by molar-refractivity contribution is 7.85. The van der Waals surface area contributed by atoms with Gasteiger partial charge in [0, 0.05) is 17.9 Å². The first-order valence-electron chi connectivity index (χ1n) is 5.39. The Kier molecular flexibility index (Phi) is 3.80. The molecular formula is C10H13N3O3S. The Morgan fingerprint density at radius 1 is 1.59 bits per heavy atom. The summed E-state index contributed by atoms with van der Waals surface area (Å²) >= 11 is 0. The van der Waals surface area contributed by atoms with E-state index >= 15 is 0 Å². The van der Waals surface area contributed by atoms with Gasteiger partial charge in [0.1, 0.15) is 11.2 Å². The highest BCUT2D eigenvalue weighted by Crippen LogP contribution is 2.14. The summed E-state index contributed by atoms with van der Waals surface area (Å²) in [5.41, 5.74) is -0.0789. The Hall–Kier alpha value is -1.34. The SMILES string of the molecule is O=[N+]([O-])c1ccc(S(=O)CC2CCCN2)nc1. The molecule has 2 heterocycles. The summed E-state index contributed by atoms with van der Waals surface area (Å²) in [5, 5.41) is 14.1. The number of nitrogens with one attached hydrogen (secondary N) is 1. The topological polar surface area (TPSA) is 85.1 Å². The summed E-state index contributed by atoms with van der Waals surface area (Å²) in [6.45, 7) is 0.968. The third-order valence-electron chi connectivity index (χ3n) is 2.68. The van der Waals surface area contributed by atoms with Crippen molar-refractivity contribution in [1.29, 1.82) is 0 Å². The summed E-state index contributed by atoms with van der Waals surface area (Å²) in [6, 6.07) is 3.07. The van der Waals surface area contributed by atoms with E-state index in [2.05, 4.69) is 10.3 Å². The van der Waals surface area contributed by atoms with Crippen LogP contribution >= 0.6 is 0 Å². The highest BCUT2D eigenvalue weighted by Gasteiger charge is 2.18. The Morgan fingerprint density at radius 3 is 2.94 bits per heavy atom. The van der Waals surface area contributed by atoms with Gasteiger partial charge in [0.15, 0.2) is 0 Å². The number of hydrogen-bond donors (Lipinski definition) is 1. The summed E-state index contributed by atoms with van der Waals surface area (Å²) in [7, 11) is -1.19. The minimum Gasteiger partial charge on any atom is -0.313 e. The maximum absolute atomic E-state index is 11.9. The van der Waals surface area contributed by atoms with Gasteiger partial charge >= 0.3 is 0 Å². The summed E-state index contributed by atoms with van der Waals surface area (Å²) in [4.78, 5) is 13.8. The molecule has 1 aliphatic rings. The van der Waals surface area contributed by atoms with Crippen molar-refractivity contribution in [2.24, 2.45) is 0 Å². The quantitative estimate of drug-likeness (QED) is 0.636. The zero-order valence-corrected chi connectivity index (χ0v) is 9.98. The normalized spacial score (nSPS) is 21.3. The Labute approximate surface area is 101 Å². The summed E-state index contributed by atoms with van der Waals surface area (Å²) < 4.78 is 11.9. The maximum Gasteiger partial charge on any atom is 0.287 e. The van der Waals surface area contributed by atoms with Crippen molar-refractivity contribution < 1.29 is 9.13 Å². The number of rotatable bonds is 4. The van der Waals surface area contributed by atoms with Crippen LogP contribution in [-0.2, 0) is 10.8 Å². The van der Waals surface area contributed by atoms with Gasteiger partial charge in [0.25, 0.3) is 5.69 Å². The number of hydrogen-bond acceptors (Lipinski definition) is 5. The molecule has 6 nitrogen and oxygen atoms in total. The smallest absolute Gasteiger partial charge is 0.287 e. The van der Waals surface area contributed by atoms with Gasteiger partial charge in [-0.3, -0.25) is 14.3 Å². The molecule has 0 spiro atoms. The van der Waals surface area contributed by atoms with E-state index < -0.39 is 15.7 Å². The zero-order chi connectivity index (χ0) is 12.3. The van der Waals surface area contributed by atoms with Crippen LogP contribution in [0.2, 0.25) is 0 Å². The van der Waals surface area contributed by atoms with E-state index in [0.717, 1.165) is 25.6 Å². The lowest BCUT2D eigenvalue weighted by Crippen LogP contribution is -2.27. The molecule has 17 heavy (non-hydrogen) atoms. The summed E-state index contributed by atoms with van der Waals surface area (Å²) in [5.74, 6) is 0.519. The molecule has 1 aromatic heterocycles. The van der Waals surface area contributed by atoms with Gasteiger partial charge in [0.05, 0.1) is 15.7 Å². The van der Waals surface area contributed by atoms with Crippen molar-refractivity contribution in [3.05, 3.63) is 28.4 Å². The lowest BCUT2D eigenvalue weighted by Gasteiger charge is -2.08. The van der Waals surface area contributed by atoms with E-state index in [-0.39, 0.29) is 11.7 Å². The molecule has 2 unspecified atom stereocenters. The first-order valence-corrected chi connectivity index (χ1v) is 6.71. The second kappa shape index (κ2) is 5.33. The minimum atomic E-state index is -1.19. The van der Waals surface area contributed by atoms with E-state index in [1.807, 2.05) is 0 Å². The molecule has 0 radical (unpaired) electrons. The van der Waals surface area contributed by atoms with Gasteiger partial charge < -0.3 is 5.32 Å². The molecule has 1 N–H and O–H groups in total. The lowest BCUT2D eigenvalue weighted by molar-refractivity contribution is -0.385. The van der Waals surface area contributed by atoms with Crippen molar-refractivity contribution in [2.45, 2.75) is 23.9 Å². The molecule has 1 fully saturated rings. The molecule has 7 heteroatoms. The Morgan fingerprint density at radius 2 is 2.41 bits per heavy atom. The fourth-order valence-electron chi connectivity index (χ4n) is 1.78. The number of nitrogens with zero attached hydrogens (tertiary/aromatic N) is 2. The van der Waals surface area contributed by atoms with Crippen molar-refractivity contribution in [1.82, 2.24) is 10.3 Å². The molecule has 1 aromatic rings. The van der Waals surface area contributed by atoms with Gasteiger partial charge in [-0.2, -0.15) is 0 Å². The molecule has 0 bridgehead atoms. The average Bonchev–Trinajstić information content (AvgIpc) is 2.82. The first-order chi connectivity index (χ1) is 8.16. The Balaban J connectivity index is 2.01. The van der Waals surface area contributed by atoms with E-state index in [0.29, 0.717) is 10.8 Å². The van der Waals surface area contributed by atoms with E-state index in [4.69, 9.17) is 0 Å². The second-order valence-corrected chi connectivity index (χ2v) is 5.36. The molecule has 0 saturated carbocycles. The molecule has 92 valence electrons. The van der Waals surface area contributed by atoms with E-state index in [9.17, 15) is 14.3 Å². The minimum absolute atomic E-state index is 0.0789. The van der Waals surface area contributed by atoms with Crippen LogP contribution in [0, 0.1) is 10.1 Å². The molecular weight excluding hydrogens is 242 g/mol. The largest absolute Gasteiger partial charge is 0.313 e. The Bertz CT molecular complexity index is 429. The van der Waals surface area contributed by atoms with Gasteiger partial charge in [0.2, 0.25) is 0 Å². The fourth-order valence-corrected chi connectivity index (χ4v) is 2.99.